The molecule has 5 heterocycles. The molecule has 0 radical (unpaired) electrons. The fourth-order valence-corrected chi connectivity index (χ4v) is 6.03. The van der Waals surface area contributed by atoms with E-state index in [4.69, 9.17) is 28.5 Å². The van der Waals surface area contributed by atoms with Gasteiger partial charge in [0.25, 0.3) is 5.91 Å². The molecule has 3 aliphatic heterocycles. The minimum Gasteiger partial charge on any atom is -0.455 e. The van der Waals surface area contributed by atoms with Gasteiger partial charge in [0.1, 0.15) is 17.5 Å². The number of amides is 1. The van der Waals surface area contributed by atoms with Crippen molar-refractivity contribution in [1.82, 2.24) is 15.1 Å². The Morgan fingerprint density at radius 2 is 2.09 bits per heavy atom. The quantitative estimate of drug-likeness (QED) is 0.717. The van der Waals surface area contributed by atoms with Crippen LogP contribution >= 0.6 is 0 Å². The number of furan rings is 1. The summed E-state index contributed by atoms with van der Waals surface area (Å²) in [4.78, 5) is 13.1. The zero-order valence-electron chi connectivity index (χ0n) is 19.6. The van der Waals surface area contributed by atoms with E-state index in [9.17, 15) is 4.79 Å². The van der Waals surface area contributed by atoms with Crippen LogP contribution in [0.15, 0.2) is 10.6 Å². The normalized spacial score (nSPS) is 27.9. The summed E-state index contributed by atoms with van der Waals surface area (Å²) in [5, 5.41) is 8.00. The molecule has 2 aliphatic carbocycles. The maximum atomic E-state index is 13.1. The fraction of sp³-hybridized carbons (Fsp3) is 0.680. The number of aromatic nitrogens is 2. The molecule has 9 nitrogen and oxygen atoms in total. The number of nitrogens with zero attached hydrogens (tertiary/aromatic N) is 2. The number of hydrogen-bond acceptors (Lipinski definition) is 7. The summed E-state index contributed by atoms with van der Waals surface area (Å²) in [6.07, 6.45) is 7.23. The third-order valence-electron chi connectivity index (χ3n) is 8.18. The van der Waals surface area contributed by atoms with Crippen LogP contribution in [0, 0.1) is 6.92 Å². The highest BCUT2D eigenvalue weighted by Gasteiger charge is 2.52. The number of fused-ring (bicyclic) bond motifs is 4. The van der Waals surface area contributed by atoms with Crippen molar-refractivity contribution >= 4 is 5.91 Å². The maximum Gasteiger partial charge on any atom is 0.287 e. The Labute approximate surface area is 198 Å². The van der Waals surface area contributed by atoms with Gasteiger partial charge in [-0.1, -0.05) is 0 Å². The van der Waals surface area contributed by atoms with Crippen molar-refractivity contribution in [2.24, 2.45) is 0 Å². The molecule has 4 fully saturated rings. The van der Waals surface area contributed by atoms with E-state index in [0.29, 0.717) is 51.9 Å². The third-order valence-corrected chi connectivity index (χ3v) is 8.18. The Morgan fingerprint density at radius 1 is 1.21 bits per heavy atom. The van der Waals surface area contributed by atoms with Gasteiger partial charge in [0.05, 0.1) is 51.4 Å². The van der Waals surface area contributed by atoms with Crippen molar-refractivity contribution in [3.8, 4) is 11.3 Å². The van der Waals surface area contributed by atoms with Crippen LogP contribution < -0.4 is 5.32 Å². The SMILES string of the molecule is Cc1c(C(=O)NC[C@@H]2CCC3(COC3)O2)oc2c1-c1nn(C[C@H]3COCCO3)cc1C1(CC1)C2. The molecule has 0 unspecified atom stereocenters. The number of hydrogen-bond donors (Lipinski definition) is 1. The lowest BCUT2D eigenvalue weighted by Crippen LogP contribution is -2.50. The molecule has 3 saturated heterocycles. The predicted molar refractivity (Wildman–Crippen MR) is 120 cm³/mol. The van der Waals surface area contributed by atoms with Gasteiger partial charge in [-0.05, 0) is 32.6 Å². The van der Waals surface area contributed by atoms with Gasteiger partial charge in [0.15, 0.2) is 5.76 Å². The number of carbonyl (C=O) groups is 1. The van der Waals surface area contributed by atoms with E-state index in [1.165, 1.54) is 5.56 Å². The molecule has 2 atom stereocenters. The van der Waals surface area contributed by atoms with E-state index in [-0.39, 0.29) is 29.1 Å². The highest BCUT2D eigenvalue weighted by atomic mass is 16.6. The molecule has 1 amide bonds. The average molecular weight is 470 g/mol. The second-order valence-electron chi connectivity index (χ2n) is 10.7. The molecular weight excluding hydrogens is 438 g/mol. The van der Waals surface area contributed by atoms with Crippen molar-refractivity contribution < 1.29 is 28.2 Å². The molecule has 0 aromatic carbocycles. The first-order valence-electron chi connectivity index (χ1n) is 12.5. The van der Waals surface area contributed by atoms with Gasteiger partial charge < -0.3 is 28.7 Å². The standard InChI is InChI=1S/C25H31N3O6/c1-15-20-19(33-22(15)23(29)26-9-16-2-3-25(34-16)13-31-14-25)8-24(4-5-24)18-11-28(27-21(18)20)10-17-12-30-6-7-32-17/h11,16-17H,2-10,12-14H2,1H3,(H,26,29)/t16-,17-/m0/s1. The van der Waals surface area contributed by atoms with Crippen LogP contribution in [0.3, 0.4) is 0 Å². The summed E-state index contributed by atoms with van der Waals surface area (Å²) in [5.74, 6) is 1.10. The summed E-state index contributed by atoms with van der Waals surface area (Å²) in [7, 11) is 0. The van der Waals surface area contributed by atoms with Crippen LogP contribution in [0.4, 0.5) is 0 Å². The summed E-state index contributed by atoms with van der Waals surface area (Å²) in [5.41, 5.74) is 4.07. The van der Waals surface area contributed by atoms with Crippen LogP contribution in [0.25, 0.3) is 11.3 Å². The van der Waals surface area contributed by atoms with E-state index in [2.05, 4.69) is 11.5 Å². The maximum absolute atomic E-state index is 13.1. The minimum absolute atomic E-state index is 0.0138. The Kier molecular flexibility index (Phi) is 4.75. The Bertz CT molecular complexity index is 1120. The van der Waals surface area contributed by atoms with Crippen molar-refractivity contribution in [3.05, 3.63) is 28.8 Å². The van der Waals surface area contributed by atoms with Gasteiger partial charge in [-0.2, -0.15) is 5.10 Å². The molecule has 1 saturated carbocycles. The average Bonchev–Trinajstić information content (AvgIpc) is 3.13. The van der Waals surface area contributed by atoms with Crippen LogP contribution in [-0.4, -0.2) is 73.1 Å². The first-order valence-corrected chi connectivity index (χ1v) is 12.5. The Morgan fingerprint density at radius 3 is 2.79 bits per heavy atom. The monoisotopic (exact) mass is 469 g/mol. The van der Waals surface area contributed by atoms with E-state index in [0.717, 1.165) is 54.7 Å². The highest BCUT2D eigenvalue weighted by molar-refractivity contribution is 5.95. The summed E-state index contributed by atoms with van der Waals surface area (Å²) >= 11 is 0. The molecule has 1 N–H and O–H groups in total. The molecule has 5 aliphatic rings. The van der Waals surface area contributed by atoms with E-state index in [1.807, 2.05) is 11.6 Å². The molecule has 182 valence electrons. The lowest BCUT2D eigenvalue weighted by atomic mass is 9.82. The van der Waals surface area contributed by atoms with E-state index >= 15 is 0 Å². The van der Waals surface area contributed by atoms with Gasteiger partial charge >= 0.3 is 0 Å². The van der Waals surface area contributed by atoms with Crippen molar-refractivity contribution in [1.29, 1.82) is 0 Å². The zero-order valence-corrected chi connectivity index (χ0v) is 19.6. The Hall–Kier alpha value is -2.20. The van der Waals surface area contributed by atoms with Crippen molar-refractivity contribution in [2.75, 3.05) is 39.6 Å². The lowest BCUT2D eigenvalue weighted by Gasteiger charge is -2.37. The molecule has 2 aromatic rings. The van der Waals surface area contributed by atoms with Gasteiger partial charge in [0.2, 0.25) is 0 Å². The van der Waals surface area contributed by atoms with Crippen LogP contribution in [-0.2, 0) is 37.3 Å². The lowest BCUT2D eigenvalue weighted by molar-refractivity contribution is -0.199. The Balaban J connectivity index is 1.11. The largest absolute Gasteiger partial charge is 0.455 e. The molecule has 34 heavy (non-hydrogen) atoms. The number of rotatable bonds is 5. The smallest absolute Gasteiger partial charge is 0.287 e. The summed E-state index contributed by atoms with van der Waals surface area (Å²) in [6, 6.07) is 0. The van der Waals surface area contributed by atoms with Gasteiger partial charge in [-0.25, -0.2) is 0 Å². The van der Waals surface area contributed by atoms with Gasteiger partial charge in [0, 0.05) is 41.3 Å². The number of nitrogens with one attached hydrogen (secondary N) is 1. The molecule has 2 spiro atoms. The van der Waals surface area contributed by atoms with E-state index in [1.54, 1.807) is 0 Å². The van der Waals surface area contributed by atoms with Gasteiger partial charge in [-0.15, -0.1) is 0 Å². The molecule has 2 aromatic heterocycles. The highest BCUT2D eigenvalue weighted by Crippen LogP contribution is 2.58. The van der Waals surface area contributed by atoms with Crippen LogP contribution in [0.5, 0.6) is 0 Å². The van der Waals surface area contributed by atoms with E-state index < -0.39 is 0 Å². The van der Waals surface area contributed by atoms with Crippen molar-refractivity contribution in [3.63, 3.8) is 0 Å². The predicted octanol–water partition coefficient (Wildman–Crippen LogP) is 2.13. The first-order chi connectivity index (χ1) is 16.5. The molecule has 9 heteroatoms. The molecule has 7 rings (SSSR count). The number of carbonyl (C=O) groups excluding carboxylic acids is 1. The van der Waals surface area contributed by atoms with Crippen molar-refractivity contribution in [2.45, 2.75) is 68.8 Å². The number of ether oxygens (including phenoxy) is 4. The second-order valence-corrected chi connectivity index (χ2v) is 10.7. The summed E-state index contributed by atoms with van der Waals surface area (Å²) in [6.45, 7) is 6.32. The topological polar surface area (TPSA) is 97.0 Å². The molecular formula is C25H31N3O6. The van der Waals surface area contributed by atoms with Crippen LogP contribution in [0.1, 0.15) is 53.1 Å². The van der Waals surface area contributed by atoms with Crippen LogP contribution in [0.2, 0.25) is 0 Å². The second kappa shape index (κ2) is 7.65. The first kappa shape index (κ1) is 21.1. The zero-order chi connectivity index (χ0) is 22.9. The molecule has 0 bridgehead atoms. The third kappa shape index (κ3) is 3.36. The van der Waals surface area contributed by atoms with Gasteiger partial charge in [-0.3, -0.25) is 9.48 Å². The fourth-order valence-electron chi connectivity index (χ4n) is 6.03. The minimum atomic E-state index is -0.181. The summed E-state index contributed by atoms with van der Waals surface area (Å²) < 4.78 is 31.0.